The topological polar surface area (TPSA) is 128 Å². The Hall–Kier alpha value is -3.37. The van der Waals surface area contributed by atoms with Crippen LogP contribution in [0.5, 0.6) is 5.88 Å². The molecule has 1 fully saturated rings. The van der Waals surface area contributed by atoms with Gasteiger partial charge < -0.3 is 24.5 Å². The van der Waals surface area contributed by atoms with Crippen LogP contribution in [0.1, 0.15) is 42.8 Å². The molecule has 0 saturated heterocycles. The lowest BCUT2D eigenvalue weighted by Gasteiger charge is -2.28. The van der Waals surface area contributed by atoms with E-state index in [0.29, 0.717) is 39.6 Å². The molecule has 0 atom stereocenters. The van der Waals surface area contributed by atoms with Crippen molar-refractivity contribution in [2.45, 2.75) is 38.2 Å². The maximum atomic E-state index is 12.5. The summed E-state index contributed by atoms with van der Waals surface area (Å²) in [5, 5.41) is 13.9. The van der Waals surface area contributed by atoms with E-state index >= 15 is 0 Å². The van der Waals surface area contributed by atoms with Gasteiger partial charge in [-0.2, -0.15) is 0 Å². The number of carbonyl (C=O) groups excluding carboxylic acids is 2. The molecule has 3 aromatic rings. The first kappa shape index (κ1) is 24.7. The van der Waals surface area contributed by atoms with Crippen molar-refractivity contribution < 1.29 is 23.5 Å². The van der Waals surface area contributed by atoms with Crippen molar-refractivity contribution in [3.05, 3.63) is 52.5 Å². The molecule has 4 rings (SSSR count). The molecule has 2 aromatic heterocycles. The van der Waals surface area contributed by atoms with E-state index in [9.17, 15) is 9.59 Å². The predicted octanol–water partition coefficient (Wildman–Crippen LogP) is 5.27. The summed E-state index contributed by atoms with van der Waals surface area (Å²) in [5.41, 5.74) is 0.945. The zero-order chi connectivity index (χ0) is 24.8. The number of pyridine rings is 1. The highest BCUT2D eigenvalue weighted by atomic mass is 35.5. The molecule has 0 radical (unpaired) electrons. The summed E-state index contributed by atoms with van der Waals surface area (Å²) in [6, 6.07) is 8.22. The second-order valence-corrected chi connectivity index (χ2v) is 8.89. The SMILES string of the molecule is COC(=O)CC1CCC(Oc2ccc(NC(=O)c3nnc(Nc4ccc(Cl)cc4Cl)o3)cn2)CC1. The van der Waals surface area contributed by atoms with Crippen LogP contribution < -0.4 is 15.4 Å². The molecule has 0 unspecified atom stereocenters. The molecule has 2 heterocycles. The smallest absolute Gasteiger partial charge is 0.320 e. The molecule has 1 aliphatic rings. The van der Waals surface area contributed by atoms with Crippen LogP contribution in [0.2, 0.25) is 10.0 Å². The average molecular weight is 520 g/mol. The molecule has 1 aromatic carbocycles. The standard InChI is InChI=1S/C23H23Cl2N5O5/c1-33-20(31)10-13-2-6-16(7-3-13)34-19-9-5-15(12-26-19)27-21(32)22-29-30-23(35-22)28-18-8-4-14(24)11-17(18)25/h4-5,8-9,11-13,16H,2-3,6-7,10H2,1H3,(H,27,32)(H,28,30). The highest BCUT2D eigenvalue weighted by Crippen LogP contribution is 2.30. The summed E-state index contributed by atoms with van der Waals surface area (Å²) >= 11 is 12.0. The molecule has 0 bridgehead atoms. The van der Waals surface area contributed by atoms with E-state index in [0.717, 1.165) is 25.7 Å². The minimum absolute atomic E-state index is 0.00236. The number of amides is 1. The van der Waals surface area contributed by atoms with E-state index in [2.05, 4.69) is 25.8 Å². The van der Waals surface area contributed by atoms with Crippen molar-refractivity contribution in [2.24, 2.45) is 5.92 Å². The van der Waals surface area contributed by atoms with Crippen molar-refractivity contribution in [1.82, 2.24) is 15.2 Å². The molecule has 1 saturated carbocycles. The normalized spacial score (nSPS) is 17.5. The number of anilines is 3. The van der Waals surface area contributed by atoms with Gasteiger partial charge in [0.15, 0.2) is 0 Å². The number of aromatic nitrogens is 3. The Bertz CT molecular complexity index is 1180. The monoisotopic (exact) mass is 519 g/mol. The van der Waals surface area contributed by atoms with Crippen molar-refractivity contribution >= 4 is 52.5 Å². The number of esters is 1. The molecule has 184 valence electrons. The van der Waals surface area contributed by atoms with Crippen molar-refractivity contribution in [3.63, 3.8) is 0 Å². The van der Waals surface area contributed by atoms with Gasteiger partial charge in [-0.25, -0.2) is 4.98 Å². The fourth-order valence-corrected chi connectivity index (χ4v) is 4.18. The number of hydrogen-bond acceptors (Lipinski definition) is 9. The summed E-state index contributed by atoms with van der Waals surface area (Å²) in [5.74, 6) is -0.207. The second-order valence-electron chi connectivity index (χ2n) is 8.04. The first-order valence-corrected chi connectivity index (χ1v) is 11.7. The van der Waals surface area contributed by atoms with Crippen LogP contribution in [0.4, 0.5) is 17.4 Å². The molecular formula is C23H23Cl2N5O5. The van der Waals surface area contributed by atoms with Gasteiger partial charge in [-0.15, -0.1) is 5.10 Å². The average Bonchev–Trinajstić information content (AvgIpc) is 3.32. The first-order chi connectivity index (χ1) is 16.9. The Kier molecular flexibility index (Phi) is 8.04. The molecule has 0 aliphatic heterocycles. The summed E-state index contributed by atoms with van der Waals surface area (Å²) in [6.45, 7) is 0. The lowest BCUT2D eigenvalue weighted by Crippen LogP contribution is -2.25. The summed E-state index contributed by atoms with van der Waals surface area (Å²) in [7, 11) is 1.41. The number of hydrogen-bond donors (Lipinski definition) is 2. The minimum Gasteiger partial charge on any atom is -0.474 e. The summed E-state index contributed by atoms with van der Waals surface area (Å²) in [4.78, 5) is 28.1. The van der Waals surface area contributed by atoms with Crippen molar-refractivity contribution in [3.8, 4) is 5.88 Å². The van der Waals surface area contributed by atoms with E-state index in [1.165, 1.54) is 13.3 Å². The van der Waals surface area contributed by atoms with Gasteiger partial charge in [-0.3, -0.25) is 9.59 Å². The van der Waals surface area contributed by atoms with Gasteiger partial charge in [0.2, 0.25) is 5.88 Å². The van der Waals surface area contributed by atoms with Crippen LogP contribution in [-0.2, 0) is 9.53 Å². The van der Waals surface area contributed by atoms with E-state index in [1.807, 2.05) is 0 Å². The Balaban J connectivity index is 1.27. The maximum Gasteiger partial charge on any atom is 0.320 e. The van der Waals surface area contributed by atoms with Gasteiger partial charge >= 0.3 is 23.8 Å². The van der Waals surface area contributed by atoms with Gasteiger partial charge in [-0.1, -0.05) is 28.3 Å². The van der Waals surface area contributed by atoms with Gasteiger partial charge in [0, 0.05) is 17.5 Å². The number of rotatable bonds is 8. The molecule has 1 aliphatic carbocycles. The van der Waals surface area contributed by atoms with Crippen LogP contribution >= 0.6 is 23.2 Å². The molecular weight excluding hydrogens is 497 g/mol. The molecule has 0 spiro atoms. The Morgan fingerprint density at radius 2 is 1.91 bits per heavy atom. The van der Waals surface area contributed by atoms with E-state index in [1.54, 1.807) is 30.3 Å². The third-order valence-corrected chi connectivity index (χ3v) is 6.10. The molecule has 2 N–H and O–H groups in total. The molecule has 10 nitrogen and oxygen atoms in total. The maximum absolute atomic E-state index is 12.5. The minimum atomic E-state index is -0.591. The Morgan fingerprint density at radius 3 is 2.60 bits per heavy atom. The van der Waals surface area contributed by atoms with Crippen LogP contribution in [0.25, 0.3) is 0 Å². The third-order valence-electron chi connectivity index (χ3n) is 5.55. The van der Waals surface area contributed by atoms with E-state index < -0.39 is 5.91 Å². The summed E-state index contributed by atoms with van der Waals surface area (Å²) < 4.78 is 16.0. The van der Waals surface area contributed by atoms with E-state index in [4.69, 9.17) is 37.1 Å². The van der Waals surface area contributed by atoms with Crippen LogP contribution in [0, 0.1) is 5.92 Å². The predicted molar refractivity (Wildman–Crippen MR) is 129 cm³/mol. The Morgan fingerprint density at radius 1 is 1.11 bits per heavy atom. The number of nitrogens with one attached hydrogen (secondary N) is 2. The lowest BCUT2D eigenvalue weighted by atomic mass is 9.85. The van der Waals surface area contributed by atoms with Crippen LogP contribution in [0.15, 0.2) is 40.9 Å². The lowest BCUT2D eigenvalue weighted by molar-refractivity contribution is -0.142. The van der Waals surface area contributed by atoms with Crippen molar-refractivity contribution in [1.29, 1.82) is 0 Å². The molecule has 12 heteroatoms. The number of halogens is 2. The highest BCUT2D eigenvalue weighted by Gasteiger charge is 2.25. The summed E-state index contributed by atoms with van der Waals surface area (Å²) in [6.07, 6.45) is 5.46. The fraction of sp³-hybridized carbons (Fsp3) is 0.348. The van der Waals surface area contributed by atoms with Gasteiger partial charge in [0.1, 0.15) is 6.10 Å². The molecule has 35 heavy (non-hydrogen) atoms. The van der Waals surface area contributed by atoms with Crippen LogP contribution in [-0.4, -0.2) is 40.3 Å². The quantitative estimate of drug-likeness (QED) is 0.382. The number of nitrogens with zero attached hydrogens (tertiary/aromatic N) is 3. The first-order valence-electron chi connectivity index (χ1n) is 11.0. The largest absolute Gasteiger partial charge is 0.474 e. The van der Waals surface area contributed by atoms with Crippen LogP contribution in [0.3, 0.4) is 0 Å². The second kappa shape index (κ2) is 11.4. The fourth-order valence-electron chi connectivity index (χ4n) is 3.72. The number of methoxy groups -OCH3 is 1. The van der Waals surface area contributed by atoms with E-state index in [-0.39, 0.29) is 24.0 Å². The molecule has 1 amide bonds. The third kappa shape index (κ3) is 6.83. The Labute approximate surface area is 211 Å². The highest BCUT2D eigenvalue weighted by molar-refractivity contribution is 6.36. The van der Waals surface area contributed by atoms with Crippen molar-refractivity contribution in [2.75, 3.05) is 17.7 Å². The van der Waals surface area contributed by atoms with Gasteiger partial charge in [0.25, 0.3) is 0 Å². The van der Waals surface area contributed by atoms with Gasteiger partial charge in [0.05, 0.1) is 29.7 Å². The number of carbonyl (C=O) groups is 2. The van der Waals surface area contributed by atoms with Gasteiger partial charge in [-0.05, 0) is 55.9 Å². The zero-order valence-electron chi connectivity index (χ0n) is 18.8. The number of benzene rings is 1. The number of ether oxygens (including phenoxy) is 2. The zero-order valence-corrected chi connectivity index (χ0v) is 20.3.